The molecule has 21 unspecified atom stereocenters. The summed E-state index contributed by atoms with van der Waals surface area (Å²) in [7, 11) is 6.07. The number of ketones is 1. The summed E-state index contributed by atoms with van der Waals surface area (Å²) >= 11 is 3.35. The number of likely N-dealkylation sites (tertiary alicyclic amines) is 1. The normalized spacial score (nSPS) is 38.1. The van der Waals surface area contributed by atoms with Crippen LogP contribution in [0.5, 0.6) is 0 Å². The average molecular weight is 1260 g/mol. The molecular weight excluding hydrogens is 1160 g/mol. The number of ether oxygens (including phenoxy) is 7. The van der Waals surface area contributed by atoms with E-state index in [2.05, 4.69) is 89.6 Å². The van der Waals surface area contributed by atoms with E-state index in [4.69, 9.17) is 33.2 Å². The van der Waals surface area contributed by atoms with E-state index in [1.54, 1.807) is 31.3 Å². The van der Waals surface area contributed by atoms with Gasteiger partial charge in [-0.15, -0.1) is 0 Å². The Morgan fingerprint density at radius 3 is 2.34 bits per heavy atom. The van der Waals surface area contributed by atoms with Crippen LogP contribution in [0.3, 0.4) is 0 Å². The number of fused-ring (bicyclic) bond motifs is 2. The number of hydrogen-bond acceptors (Lipinski definition) is 16. The number of aliphatic hydroxyl groups is 3. The number of halogens is 1. The molecule has 2 aromatic heterocycles. The number of aliphatic hydroxyl groups excluding tert-OH is 2. The number of Topliss-reactive ketones (excluding diaryl/α,β-unsaturated/α-hetero) is 1. The minimum Gasteiger partial charge on any atom is -0.550 e. The van der Waals surface area contributed by atoms with Crippen LogP contribution < -0.4 is 34.7 Å². The Labute approximate surface area is 534 Å². The molecule has 21 atom stereocenters. The maximum atomic E-state index is 14.4. The fourth-order valence-corrected chi connectivity index (χ4v) is 16.5. The van der Waals surface area contributed by atoms with Crippen molar-refractivity contribution in [3.63, 3.8) is 0 Å². The van der Waals surface area contributed by atoms with Crippen LogP contribution in [0.4, 0.5) is 0 Å². The molecule has 5 saturated heterocycles. The van der Waals surface area contributed by atoms with Crippen LogP contribution in [0, 0.1) is 47.3 Å². The molecule has 0 bridgehead atoms. The van der Waals surface area contributed by atoms with Gasteiger partial charge in [0, 0.05) is 109 Å². The number of carbonyl (C=O) groups excluding carboxylic acids is 3. The van der Waals surface area contributed by atoms with Crippen LogP contribution in [-0.2, 0) is 61.8 Å². The summed E-state index contributed by atoms with van der Waals surface area (Å²) in [6, 6.07) is 8.47. The van der Waals surface area contributed by atoms with Crippen LogP contribution in [0.25, 0.3) is 10.9 Å². The van der Waals surface area contributed by atoms with Crippen molar-refractivity contribution in [1.29, 1.82) is 0 Å². The fourth-order valence-electron chi connectivity index (χ4n) is 16.1. The first-order valence-electron chi connectivity index (χ1n) is 31.2. The number of aromatic nitrogens is 2. The monoisotopic (exact) mass is 1260 g/mol. The smallest absolute Gasteiger partial charge is 0.550 e. The van der Waals surface area contributed by atoms with Gasteiger partial charge in [-0.25, -0.2) is 4.79 Å². The van der Waals surface area contributed by atoms with E-state index in [1.165, 1.54) is 28.2 Å². The predicted octanol–water partition coefficient (Wildman–Crippen LogP) is 5.77. The molecule has 6 aliphatic heterocycles. The Balaban J connectivity index is 0.000000248. The second-order valence-electron chi connectivity index (χ2n) is 26.7. The van der Waals surface area contributed by atoms with Crippen LogP contribution in [-0.4, -0.2) is 146 Å². The molecule has 5 fully saturated rings. The molecule has 2 spiro atoms. The second-order valence-corrected chi connectivity index (χ2v) is 27.6. The van der Waals surface area contributed by atoms with Gasteiger partial charge in [-0.3, -0.25) is 14.7 Å². The molecule has 0 amide bonds. The number of benzene rings is 1. The number of carbonyl (C=O) groups is 3. The quantitative estimate of drug-likeness (QED) is 0.0881. The van der Waals surface area contributed by atoms with Crippen LogP contribution in [0.2, 0.25) is 0 Å². The summed E-state index contributed by atoms with van der Waals surface area (Å²) in [5, 5.41) is 47.3. The summed E-state index contributed by atoms with van der Waals surface area (Å²) < 4.78 is 48.4. The van der Waals surface area contributed by atoms with E-state index in [1.807, 2.05) is 48.7 Å². The van der Waals surface area contributed by atoms with Gasteiger partial charge in [-0.05, 0) is 155 Å². The molecule has 7 aliphatic rings. The minimum atomic E-state index is -1.37. The Morgan fingerprint density at radius 1 is 0.953 bits per heavy atom. The number of esters is 1. The first-order chi connectivity index (χ1) is 39.7. The zero-order chi connectivity index (χ0) is 61.0. The van der Waals surface area contributed by atoms with Gasteiger partial charge in [0.25, 0.3) is 0 Å². The molecule has 10 rings (SSSR count). The zero-order valence-corrected chi connectivity index (χ0v) is 56.5. The molecule has 17 nitrogen and oxygen atoms in total. The number of likely N-dealkylation sites (N-methyl/N-ethyl adjacent to an activating group) is 1. The third-order valence-electron chi connectivity index (χ3n) is 21.4. The van der Waals surface area contributed by atoms with Gasteiger partial charge in [0.1, 0.15) is 17.5 Å². The van der Waals surface area contributed by atoms with Gasteiger partial charge in [-0.1, -0.05) is 67.5 Å². The SMILES string of the molecule is CCC(C(=O)[O-])C1CCC(C)C(C(C)C(O)C(C)C(=O)C(CC)C2OC3(C=CC(O)C4(CCC(C)(C5CCC(O)(CC)C(C)O5)O4)O3)C(C)CC2C)O1.COC12CC(COC(=O)c3cncc(Br)c3)CN(C)C1Cc1cn(C)c3cccc2c13.[Na+]. The van der Waals surface area contributed by atoms with Crippen molar-refractivity contribution in [3.8, 4) is 0 Å². The number of methoxy groups -OCH3 is 1. The molecule has 1 aromatic carbocycles. The molecule has 466 valence electrons. The Hall–Kier alpha value is -2.66. The number of carboxylic acid groups (broad SMARTS) is 1. The Bertz CT molecular complexity index is 2880. The number of hydrogen-bond donors (Lipinski definition) is 3. The molecular formula is C66H95BrN3NaO14. The van der Waals surface area contributed by atoms with Gasteiger partial charge >= 0.3 is 35.5 Å². The molecule has 0 saturated carbocycles. The Kier molecular flexibility index (Phi) is 21.7. The molecule has 0 radical (unpaired) electrons. The van der Waals surface area contributed by atoms with Crippen molar-refractivity contribution in [3.05, 3.63) is 76.2 Å². The van der Waals surface area contributed by atoms with Crippen molar-refractivity contribution < 1.29 is 97.5 Å². The number of nitrogens with zero attached hydrogens (tertiary/aromatic N) is 3. The van der Waals surface area contributed by atoms with E-state index < -0.39 is 88.5 Å². The van der Waals surface area contributed by atoms with E-state index in [-0.39, 0.29) is 83.2 Å². The van der Waals surface area contributed by atoms with E-state index in [0.29, 0.717) is 70.0 Å². The first-order valence-corrected chi connectivity index (χ1v) is 32.0. The van der Waals surface area contributed by atoms with Gasteiger partial charge in [0.05, 0.1) is 60.0 Å². The number of carboxylic acids is 1. The van der Waals surface area contributed by atoms with Gasteiger partial charge in [-0.2, -0.15) is 0 Å². The standard InChI is InChI=1S/C42H70O11.C24H26BrN3O3.Na/c1-11-29(38(46)47)31-15-14-23(4)36(50-31)27(8)34(44)26(7)35(45)30(12-2)37-24(5)22-25(6)41(51-37)19-16-32(43)42(53-41)21-20-39(10,52-42)33-17-18-40(48,13-3)28(9)49-33;1-27-13-17-8-21-24(30-3,19-5-4-6-20(27)22(17)19)9-15(12-28(21)2)14-31-23(29)16-7-18(25)11-26-10-16;/h16,19,23-34,36-37,43-44,48H,11-15,17-18,20-22H2,1-10H3,(H,46,47);4-7,10-11,13,15,21H,8-9,12,14H2,1-3H3;/q;;+1/p-1. The van der Waals surface area contributed by atoms with E-state index in [9.17, 15) is 34.8 Å². The first kappa shape index (κ1) is 68.3. The maximum absolute atomic E-state index is 14.4. The summed E-state index contributed by atoms with van der Waals surface area (Å²) in [4.78, 5) is 45.2. The number of rotatable bonds is 16. The van der Waals surface area contributed by atoms with Gasteiger partial charge in [0.15, 0.2) is 5.79 Å². The molecule has 3 N–H and O–H groups in total. The van der Waals surface area contributed by atoms with Crippen molar-refractivity contribution in [2.75, 3.05) is 27.3 Å². The predicted molar refractivity (Wildman–Crippen MR) is 318 cm³/mol. The second kappa shape index (κ2) is 27.0. The van der Waals surface area contributed by atoms with Gasteiger partial charge in [0.2, 0.25) is 5.79 Å². The molecule has 19 heteroatoms. The number of aliphatic carboxylic acids is 1. The van der Waals surface area contributed by atoms with Crippen molar-refractivity contribution in [1.82, 2.24) is 14.5 Å². The maximum Gasteiger partial charge on any atom is 1.00 e. The fraction of sp³-hybridized carbons (Fsp3) is 0.727. The third kappa shape index (κ3) is 13.0. The van der Waals surface area contributed by atoms with Crippen molar-refractivity contribution in [2.45, 2.75) is 223 Å². The summed E-state index contributed by atoms with van der Waals surface area (Å²) in [5.41, 5.74) is 2.26. The van der Waals surface area contributed by atoms with E-state index >= 15 is 0 Å². The summed E-state index contributed by atoms with van der Waals surface area (Å²) in [6.07, 6.45) is 12.4. The van der Waals surface area contributed by atoms with Crippen LogP contribution in [0.1, 0.15) is 161 Å². The molecule has 85 heavy (non-hydrogen) atoms. The Morgan fingerprint density at radius 2 is 1.68 bits per heavy atom. The third-order valence-corrected chi connectivity index (χ3v) is 21.8. The number of piperidine rings is 1. The molecule has 8 heterocycles. The van der Waals surface area contributed by atoms with Crippen molar-refractivity contribution in [2.24, 2.45) is 54.4 Å². The van der Waals surface area contributed by atoms with E-state index in [0.717, 1.165) is 30.3 Å². The number of pyridine rings is 1. The number of aryl methyl sites for hydroxylation is 1. The van der Waals surface area contributed by atoms with Crippen LogP contribution in [0.15, 0.2) is 59.5 Å². The largest absolute Gasteiger partial charge is 1.00 e. The minimum absolute atomic E-state index is 0. The van der Waals surface area contributed by atoms with Gasteiger partial charge < -0.3 is 62.9 Å². The summed E-state index contributed by atoms with van der Waals surface area (Å²) in [6.45, 7) is 20.7. The summed E-state index contributed by atoms with van der Waals surface area (Å²) in [5.74, 6) is -6.41. The molecule has 3 aromatic rings. The average Bonchev–Trinajstić information content (AvgIpc) is 1.78. The van der Waals surface area contributed by atoms with Crippen LogP contribution >= 0.6 is 15.9 Å². The van der Waals surface area contributed by atoms with Crippen molar-refractivity contribution >= 4 is 44.6 Å². The topological polar surface area (TPSA) is 221 Å². The molecule has 1 aliphatic carbocycles. The zero-order valence-electron chi connectivity index (χ0n) is 52.9.